The molecule has 108 valence electrons. The molecule has 0 spiro atoms. The summed E-state index contributed by atoms with van der Waals surface area (Å²) < 4.78 is 0. The fourth-order valence-electron chi connectivity index (χ4n) is 2.42. The predicted octanol–water partition coefficient (Wildman–Crippen LogP) is 3.36. The van der Waals surface area contributed by atoms with Crippen LogP contribution in [0, 0.1) is 0 Å². The van der Waals surface area contributed by atoms with E-state index in [1.807, 2.05) is 30.3 Å². The van der Waals surface area contributed by atoms with Gasteiger partial charge in [-0.15, -0.1) is 0 Å². The summed E-state index contributed by atoms with van der Waals surface area (Å²) in [5.74, 6) is -1.31. The Balaban J connectivity index is 1.91. The van der Waals surface area contributed by atoms with Gasteiger partial charge in [-0.3, -0.25) is 9.78 Å². The van der Waals surface area contributed by atoms with Gasteiger partial charge in [0.2, 0.25) is 0 Å². The molecule has 0 saturated heterocycles. The number of carbonyl (C=O) groups is 2. The van der Waals surface area contributed by atoms with Gasteiger partial charge in [-0.1, -0.05) is 36.4 Å². The lowest BCUT2D eigenvalue weighted by Crippen LogP contribution is -2.10. The molecule has 1 N–H and O–H groups in total. The van der Waals surface area contributed by atoms with Crippen LogP contribution >= 0.6 is 0 Å². The largest absolute Gasteiger partial charge is 0.478 e. The molecule has 0 aliphatic heterocycles. The molecule has 0 atom stereocenters. The number of hydrogen-bond donors (Lipinski definition) is 1. The summed E-state index contributed by atoms with van der Waals surface area (Å²) in [6, 6.07) is 15.7. The summed E-state index contributed by atoms with van der Waals surface area (Å²) in [5, 5.41) is 10.2. The zero-order valence-corrected chi connectivity index (χ0v) is 11.7. The molecule has 0 fully saturated rings. The van der Waals surface area contributed by atoms with Crippen LogP contribution in [-0.4, -0.2) is 21.8 Å². The van der Waals surface area contributed by atoms with E-state index in [1.54, 1.807) is 24.4 Å². The first-order valence-electron chi connectivity index (χ1n) is 6.84. The Morgan fingerprint density at radius 2 is 1.73 bits per heavy atom. The lowest BCUT2D eigenvalue weighted by Gasteiger charge is -2.06. The van der Waals surface area contributed by atoms with Gasteiger partial charge in [-0.25, -0.2) is 4.79 Å². The van der Waals surface area contributed by atoms with Crippen molar-refractivity contribution in [2.24, 2.45) is 0 Å². The molecule has 1 aromatic heterocycles. The Morgan fingerprint density at radius 1 is 0.955 bits per heavy atom. The van der Waals surface area contributed by atoms with E-state index in [1.165, 1.54) is 6.07 Å². The summed E-state index contributed by atoms with van der Waals surface area (Å²) >= 11 is 0. The summed E-state index contributed by atoms with van der Waals surface area (Å²) in [6.45, 7) is 0. The van der Waals surface area contributed by atoms with E-state index in [2.05, 4.69) is 4.98 Å². The average Bonchev–Trinajstić information content (AvgIpc) is 2.54. The van der Waals surface area contributed by atoms with Crippen molar-refractivity contribution in [1.82, 2.24) is 4.98 Å². The second kappa shape index (κ2) is 5.77. The first kappa shape index (κ1) is 13.9. The number of carbonyl (C=O) groups excluding carboxylic acids is 1. The van der Waals surface area contributed by atoms with Crippen molar-refractivity contribution < 1.29 is 14.7 Å². The number of Topliss-reactive ketones (excluding diaryl/α,β-unsaturated/α-hetero) is 1. The number of ketones is 1. The minimum Gasteiger partial charge on any atom is -0.478 e. The number of carboxylic acid groups (broad SMARTS) is 1. The van der Waals surface area contributed by atoms with E-state index in [-0.39, 0.29) is 23.3 Å². The molecule has 0 unspecified atom stereocenters. The number of pyridine rings is 1. The van der Waals surface area contributed by atoms with Gasteiger partial charge in [-0.05, 0) is 23.8 Å². The average molecular weight is 291 g/mol. The Bertz CT molecular complexity index is 871. The van der Waals surface area contributed by atoms with Gasteiger partial charge >= 0.3 is 5.97 Å². The van der Waals surface area contributed by atoms with E-state index >= 15 is 0 Å². The van der Waals surface area contributed by atoms with Crippen LogP contribution in [0.15, 0.2) is 60.8 Å². The second-order valence-electron chi connectivity index (χ2n) is 4.98. The SMILES string of the molecule is O=C(O)c1ccccc1C(=O)Cc1ccc2cccnc2c1. The van der Waals surface area contributed by atoms with E-state index < -0.39 is 5.97 Å². The first-order chi connectivity index (χ1) is 10.6. The molecule has 0 bridgehead atoms. The number of carboxylic acids is 1. The predicted molar refractivity (Wildman–Crippen MR) is 83.2 cm³/mol. The summed E-state index contributed by atoms with van der Waals surface area (Å²) in [6.07, 6.45) is 1.85. The molecule has 0 amide bonds. The highest BCUT2D eigenvalue weighted by atomic mass is 16.4. The van der Waals surface area contributed by atoms with Crippen LogP contribution in [0.1, 0.15) is 26.3 Å². The monoisotopic (exact) mass is 291 g/mol. The minimum absolute atomic E-state index is 0.0337. The Labute approximate surface area is 127 Å². The van der Waals surface area contributed by atoms with Crippen molar-refractivity contribution in [3.63, 3.8) is 0 Å². The molecule has 22 heavy (non-hydrogen) atoms. The highest BCUT2D eigenvalue weighted by Crippen LogP contribution is 2.17. The van der Waals surface area contributed by atoms with Gasteiger partial charge in [0.05, 0.1) is 11.1 Å². The van der Waals surface area contributed by atoms with Crippen LogP contribution in [-0.2, 0) is 6.42 Å². The number of nitrogens with zero attached hydrogens (tertiary/aromatic N) is 1. The lowest BCUT2D eigenvalue weighted by molar-refractivity contribution is 0.0692. The maximum Gasteiger partial charge on any atom is 0.336 e. The summed E-state index contributed by atoms with van der Waals surface area (Å²) in [4.78, 5) is 27.8. The van der Waals surface area contributed by atoms with Crippen molar-refractivity contribution in [1.29, 1.82) is 0 Å². The van der Waals surface area contributed by atoms with Crippen LogP contribution in [0.5, 0.6) is 0 Å². The zero-order valence-electron chi connectivity index (χ0n) is 11.7. The van der Waals surface area contributed by atoms with Crippen molar-refractivity contribution in [3.8, 4) is 0 Å². The van der Waals surface area contributed by atoms with E-state index in [0.717, 1.165) is 16.5 Å². The van der Waals surface area contributed by atoms with Gasteiger partial charge in [0.25, 0.3) is 0 Å². The standard InChI is InChI=1S/C18H13NO3/c20-17(14-5-1-2-6-15(14)18(21)22)11-12-7-8-13-4-3-9-19-16(13)10-12/h1-10H,11H2,(H,21,22). The van der Waals surface area contributed by atoms with Crippen LogP contribution in [0.3, 0.4) is 0 Å². The number of aromatic carboxylic acids is 1. The number of fused-ring (bicyclic) bond motifs is 1. The van der Waals surface area contributed by atoms with Crippen LogP contribution in [0.25, 0.3) is 10.9 Å². The van der Waals surface area contributed by atoms with Crippen molar-refractivity contribution in [3.05, 3.63) is 77.5 Å². The highest BCUT2D eigenvalue weighted by Gasteiger charge is 2.16. The Kier molecular flexibility index (Phi) is 3.66. The zero-order chi connectivity index (χ0) is 15.5. The maximum atomic E-state index is 12.4. The third-order valence-corrected chi connectivity index (χ3v) is 3.49. The van der Waals surface area contributed by atoms with E-state index in [0.29, 0.717) is 0 Å². The summed E-state index contributed by atoms with van der Waals surface area (Å²) in [7, 11) is 0. The molecule has 0 aliphatic rings. The van der Waals surface area contributed by atoms with Gasteiger partial charge in [-0.2, -0.15) is 0 Å². The number of hydrogen-bond acceptors (Lipinski definition) is 3. The normalized spacial score (nSPS) is 10.5. The Hall–Kier alpha value is -3.01. The molecule has 3 aromatic rings. The van der Waals surface area contributed by atoms with Gasteiger partial charge < -0.3 is 5.11 Å². The molecule has 0 radical (unpaired) electrons. The minimum atomic E-state index is -1.09. The fraction of sp³-hybridized carbons (Fsp3) is 0.0556. The van der Waals surface area contributed by atoms with Crippen molar-refractivity contribution >= 4 is 22.7 Å². The number of rotatable bonds is 4. The van der Waals surface area contributed by atoms with Crippen LogP contribution in [0.4, 0.5) is 0 Å². The summed E-state index contributed by atoms with van der Waals surface area (Å²) in [5.41, 5.74) is 1.90. The molecular weight excluding hydrogens is 278 g/mol. The quantitative estimate of drug-likeness (QED) is 0.748. The highest BCUT2D eigenvalue weighted by molar-refractivity contribution is 6.06. The molecule has 0 saturated carbocycles. The Morgan fingerprint density at radius 3 is 2.50 bits per heavy atom. The molecule has 4 nitrogen and oxygen atoms in total. The number of benzene rings is 2. The van der Waals surface area contributed by atoms with Crippen LogP contribution in [0.2, 0.25) is 0 Å². The van der Waals surface area contributed by atoms with Gasteiger partial charge in [0.15, 0.2) is 5.78 Å². The molecule has 1 heterocycles. The van der Waals surface area contributed by atoms with Crippen molar-refractivity contribution in [2.45, 2.75) is 6.42 Å². The molecule has 0 aliphatic carbocycles. The number of aromatic nitrogens is 1. The molecule has 2 aromatic carbocycles. The molecule has 3 rings (SSSR count). The van der Waals surface area contributed by atoms with Gasteiger partial charge in [0.1, 0.15) is 0 Å². The fourth-order valence-corrected chi connectivity index (χ4v) is 2.42. The van der Waals surface area contributed by atoms with Gasteiger partial charge in [0, 0.05) is 23.6 Å². The van der Waals surface area contributed by atoms with E-state index in [9.17, 15) is 9.59 Å². The molecular formula is C18H13NO3. The third kappa shape index (κ3) is 2.72. The van der Waals surface area contributed by atoms with Crippen LogP contribution < -0.4 is 0 Å². The lowest BCUT2D eigenvalue weighted by atomic mass is 9.98. The maximum absolute atomic E-state index is 12.4. The molecule has 4 heteroatoms. The third-order valence-electron chi connectivity index (χ3n) is 3.49. The second-order valence-corrected chi connectivity index (χ2v) is 4.98. The smallest absolute Gasteiger partial charge is 0.336 e. The topological polar surface area (TPSA) is 67.3 Å². The van der Waals surface area contributed by atoms with Crippen molar-refractivity contribution in [2.75, 3.05) is 0 Å². The first-order valence-corrected chi connectivity index (χ1v) is 6.84. The van der Waals surface area contributed by atoms with E-state index in [4.69, 9.17) is 5.11 Å².